The quantitative estimate of drug-likeness (QED) is 0.0250. The number of rotatable bonds is 24. The SMILES string of the molecule is CSCC[C@H](NC(=O)[C@H](CCCN=C(N)N)NC(=O)[C@H](CCC(=O)O)NC(=O)[C@@H](N)CCCN=C(N)N)C(=O)N[C@@H](CO)C(=O)O.O=C(O)C(F)(F)F. The highest BCUT2D eigenvalue weighted by atomic mass is 32.2. The number of aliphatic hydroxyl groups excluding tert-OH is 1. The van der Waals surface area contributed by atoms with E-state index in [2.05, 4.69) is 31.3 Å². The van der Waals surface area contributed by atoms with E-state index in [0.717, 1.165) is 0 Å². The molecule has 0 saturated heterocycles. The first-order chi connectivity index (χ1) is 24.6. The number of thioether (sulfide) groups is 1. The van der Waals surface area contributed by atoms with E-state index < -0.39 is 90.9 Å². The van der Waals surface area contributed by atoms with Gasteiger partial charge < -0.3 is 70.4 Å². The van der Waals surface area contributed by atoms with Gasteiger partial charge in [-0.15, -0.1) is 0 Å². The number of alkyl halides is 3. The lowest BCUT2D eigenvalue weighted by atomic mass is 10.1. The molecule has 0 aliphatic heterocycles. The predicted molar refractivity (Wildman–Crippen MR) is 184 cm³/mol. The van der Waals surface area contributed by atoms with Crippen LogP contribution in [-0.2, 0) is 33.6 Å². The van der Waals surface area contributed by atoms with Crippen molar-refractivity contribution in [2.24, 2.45) is 38.7 Å². The van der Waals surface area contributed by atoms with Gasteiger partial charge in [0.25, 0.3) is 0 Å². The summed E-state index contributed by atoms with van der Waals surface area (Å²) in [7, 11) is 0. The highest BCUT2D eigenvalue weighted by Crippen LogP contribution is 2.13. The molecule has 0 rings (SSSR count). The highest BCUT2D eigenvalue weighted by Gasteiger charge is 2.38. The van der Waals surface area contributed by atoms with Crippen molar-refractivity contribution >= 4 is 65.2 Å². The lowest BCUT2D eigenvalue weighted by Crippen LogP contribution is -2.58. The molecule has 26 heteroatoms. The van der Waals surface area contributed by atoms with Gasteiger partial charge in [0.2, 0.25) is 23.6 Å². The fourth-order valence-electron chi connectivity index (χ4n) is 3.75. The normalized spacial score (nSPS) is 13.5. The number of nitrogens with two attached hydrogens (primary N) is 5. The lowest BCUT2D eigenvalue weighted by Gasteiger charge is -2.26. The molecule has 0 bridgehead atoms. The van der Waals surface area contributed by atoms with E-state index in [-0.39, 0.29) is 57.1 Å². The van der Waals surface area contributed by atoms with Crippen LogP contribution in [0.5, 0.6) is 0 Å². The second kappa shape index (κ2) is 26.6. The van der Waals surface area contributed by atoms with Gasteiger partial charge in [-0.25, -0.2) is 9.59 Å². The van der Waals surface area contributed by atoms with Gasteiger partial charge in [0.05, 0.1) is 12.6 Å². The van der Waals surface area contributed by atoms with E-state index in [4.69, 9.17) is 38.6 Å². The highest BCUT2D eigenvalue weighted by molar-refractivity contribution is 7.98. The van der Waals surface area contributed by atoms with Crippen molar-refractivity contribution in [3.05, 3.63) is 0 Å². The van der Waals surface area contributed by atoms with Crippen molar-refractivity contribution in [3.8, 4) is 0 Å². The van der Waals surface area contributed by atoms with Crippen LogP contribution in [0.15, 0.2) is 9.98 Å². The Bertz CT molecular complexity index is 1290. The third-order valence-electron chi connectivity index (χ3n) is 6.45. The fraction of sp³-hybridized carbons (Fsp3) is 0.667. The fourth-order valence-corrected chi connectivity index (χ4v) is 4.22. The first kappa shape index (κ1) is 50.0. The molecule has 0 fully saturated rings. The zero-order valence-corrected chi connectivity index (χ0v) is 29.5. The van der Waals surface area contributed by atoms with Crippen LogP contribution in [0.3, 0.4) is 0 Å². The molecule has 0 unspecified atom stereocenters. The third-order valence-corrected chi connectivity index (χ3v) is 7.09. The first-order valence-corrected chi connectivity index (χ1v) is 16.9. The molecule has 0 radical (unpaired) electrons. The van der Waals surface area contributed by atoms with Gasteiger partial charge in [0.1, 0.15) is 24.2 Å². The van der Waals surface area contributed by atoms with E-state index in [1.807, 2.05) is 0 Å². The monoisotopic (exact) mass is 791 g/mol. The number of hydrogen-bond acceptors (Lipinski definition) is 12. The summed E-state index contributed by atoms with van der Waals surface area (Å²) >= 11 is 1.35. The van der Waals surface area contributed by atoms with Crippen LogP contribution in [0.4, 0.5) is 13.2 Å². The minimum Gasteiger partial charge on any atom is -0.481 e. The molecule has 18 N–H and O–H groups in total. The Balaban J connectivity index is 0. The Morgan fingerprint density at radius 2 is 1.08 bits per heavy atom. The zero-order chi connectivity index (χ0) is 41.3. The average Bonchev–Trinajstić information content (AvgIpc) is 3.05. The van der Waals surface area contributed by atoms with E-state index >= 15 is 0 Å². The molecule has 4 amide bonds. The number of aliphatic carboxylic acids is 3. The van der Waals surface area contributed by atoms with Crippen LogP contribution in [0.2, 0.25) is 0 Å². The molecule has 0 heterocycles. The molecule has 0 aromatic carbocycles. The van der Waals surface area contributed by atoms with Gasteiger partial charge in [-0.3, -0.25) is 34.0 Å². The molecule has 0 saturated carbocycles. The summed E-state index contributed by atoms with van der Waals surface area (Å²) in [5, 5.41) is 44.3. The standard InChI is InChI=1S/C25H47N11O9S.C2HF3O2/c1-46-11-8-16(22(43)36-17(12-37)23(44)45)35-20(41)14(5-3-10-32-25(29)30)34-21(42)15(6-7-18(38)39)33-19(40)13(26)4-2-9-31-24(27)28;3-2(4,5)1(6)7/h13-17,37H,2-12,26H2,1H3,(H,33,40)(H,34,42)(H,35,41)(H,36,43)(H,38,39)(H,44,45)(H4,27,28,31)(H4,29,30,32);(H,6,7)/t13-,14-,15-,16-,17-;/m0./s1. The largest absolute Gasteiger partial charge is 0.490 e. The number of carbonyl (C=O) groups is 7. The van der Waals surface area contributed by atoms with Gasteiger partial charge in [0, 0.05) is 19.5 Å². The summed E-state index contributed by atoms with van der Waals surface area (Å²) in [5.41, 5.74) is 27.1. The molecule has 53 heavy (non-hydrogen) atoms. The second-order valence-corrected chi connectivity index (χ2v) is 11.8. The molecule has 22 nitrogen and oxygen atoms in total. The number of nitrogens with one attached hydrogen (secondary N) is 4. The van der Waals surface area contributed by atoms with Crippen LogP contribution in [0, 0.1) is 0 Å². The van der Waals surface area contributed by atoms with Crippen LogP contribution < -0.4 is 49.9 Å². The molecule has 5 atom stereocenters. The van der Waals surface area contributed by atoms with Gasteiger partial charge >= 0.3 is 24.1 Å². The van der Waals surface area contributed by atoms with Crippen molar-refractivity contribution in [2.75, 3.05) is 31.7 Å². The van der Waals surface area contributed by atoms with Gasteiger partial charge in [-0.2, -0.15) is 24.9 Å². The number of amides is 4. The van der Waals surface area contributed by atoms with E-state index in [1.54, 1.807) is 6.26 Å². The second-order valence-electron chi connectivity index (χ2n) is 10.8. The summed E-state index contributed by atoms with van der Waals surface area (Å²) in [6.07, 6.45) is -3.50. The van der Waals surface area contributed by atoms with Gasteiger partial charge in [-0.1, -0.05) is 0 Å². The molecule has 0 aliphatic carbocycles. The van der Waals surface area contributed by atoms with Crippen LogP contribution >= 0.6 is 11.8 Å². The summed E-state index contributed by atoms with van der Waals surface area (Å²) < 4.78 is 31.7. The van der Waals surface area contributed by atoms with Gasteiger partial charge in [0.15, 0.2) is 11.9 Å². The summed E-state index contributed by atoms with van der Waals surface area (Å²) in [6.45, 7) is -0.615. The first-order valence-electron chi connectivity index (χ1n) is 15.5. The Morgan fingerprint density at radius 3 is 1.45 bits per heavy atom. The number of hydrogen-bond donors (Lipinski definition) is 13. The van der Waals surface area contributed by atoms with Crippen molar-refractivity contribution in [3.63, 3.8) is 0 Å². The minimum absolute atomic E-state index is 0.0521. The summed E-state index contributed by atoms with van der Waals surface area (Å²) in [6, 6.07) is -6.68. The molecule has 0 spiro atoms. The Hall–Kier alpha value is -5.11. The lowest BCUT2D eigenvalue weighted by molar-refractivity contribution is -0.192. The summed E-state index contributed by atoms with van der Waals surface area (Å²) in [5.74, 6) is -8.82. The van der Waals surface area contributed by atoms with Gasteiger partial charge in [-0.05, 0) is 50.5 Å². The van der Waals surface area contributed by atoms with E-state index in [1.165, 1.54) is 11.8 Å². The zero-order valence-electron chi connectivity index (χ0n) is 28.6. The van der Waals surface area contributed by atoms with Crippen molar-refractivity contribution in [1.29, 1.82) is 0 Å². The Labute approximate surface area is 305 Å². The Morgan fingerprint density at radius 1 is 0.679 bits per heavy atom. The average molecular weight is 792 g/mol. The summed E-state index contributed by atoms with van der Waals surface area (Å²) in [4.78, 5) is 91.3. The maximum Gasteiger partial charge on any atom is 0.490 e. The number of guanidine groups is 2. The third kappa shape index (κ3) is 24.7. The van der Waals surface area contributed by atoms with Crippen molar-refractivity contribution in [2.45, 2.75) is 81.3 Å². The molecule has 0 aromatic heterocycles. The van der Waals surface area contributed by atoms with E-state index in [9.17, 15) is 57.3 Å². The van der Waals surface area contributed by atoms with Crippen LogP contribution in [0.25, 0.3) is 0 Å². The molecule has 0 aliphatic rings. The number of nitrogens with zero attached hydrogens (tertiary/aromatic N) is 2. The predicted octanol–water partition coefficient (Wildman–Crippen LogP) is -4.31. The molecular weight excluding hydrogens is 743 g/mol. The van der Waals surface area contributed by atoms with Crippen molar-refractivity contribution < 1.29 is 67.2 Å². The van der Waals surface area contributed by atoms with Crippen molar-refractivity contribution in [1.82, 2.24) is 21.3 Å². The Kier molecular flexibility index (Phi) is 25.1. The number of aliphatic hydroxyl groups is 1. The number of carboxylic acids is 3. The number of halogens is 3. The topological polar surface area (TPSA) is 403 Å². The number of carboxylic acid groups (broad SMARTS) is 3. The smallest absolute Gasteiger partial charge is 0.481 e. The van der Waals surface area contributed by atoms with E-state index in [0.29, 0.717) is 12.2 Å². The maximum atomic E-state index is 13.4. The minimum atomic E-state index is -5.08. The number of carbonyl (C=O) groups excluding carboxylic acids is 4. The molecule has 0 aromatic rings. The number of aliphatic imine (C=N–C) groups is 2. The molecular formula is C27H48F3N11O11S. The van der Waals surface area contributed by atoms with Crippen LogP contribution in [-0.4, -0.2) is 142 Å². The van der Waals surface area contributed by atoms with Crippen LogP contribution in [0.1, 0.15) is 44.9 Å². The maximum absolute atomic E-state index is 13.4. The molecule has 304 valence electrons.